The lowest BCUT2D eigenvalue weighted by atomic mass is 9.81. The smallest absolute Gasteiger partial charge is 0.229 e. The zero-order valence-corrected chi connectivity index (χ0v) is 18.3. The van der Waals surface area contributed by atoms with Gasteiger partial charge in [-0.1, -0.05) is 23.7 Å². The van der Waals surface area contributed by atoms with Gasteiger partial charge in [-0.3, -0.25) is 19.7 Å². The molecule has 0 bridgehead atoms. The molecule has 0 aromatic heterocycles. The average Bonchev–Trinajstić information content (AvgIpc) is 2.73. The fraction of sp³-hybridized carbons (Fsp3) is 0.318. The van der Waals surface area contributed by atoms with Gasteiger partial charge in [-0.25, -0.2) is 0 Å². The number of halogens is 1. The molecule has 32 heavy (non-hydrogen) atoms. The van der Waals surface area contributed by atoms with Gasteiger partial charge in [0.05, 0.1) is 30.8 Å². The van der Waals surface area contributed by atoms with E-state index < -0.39 is 30.2 Å². The topological polar surface area (TPSA) is 121 Å². The largest absolute Gasteiger partial charge is 0.495 e. The molecule has 0 saturated carbocycles. The first-order chi connectivity index (χ1) is 15.3. The van der Waals surface area contributed by atoms with Crippen molar-refractivity contribution in [2.24, 2.45) is 11.8 Å². The molecule has 2 aromatic rings. The molecule has 4 unspecified atom stereocenters. The Labute approximate surface area is 190 Å². The lowest BCUT2D eigenvalue weighted by molar-refractivity contribution is -0.144. The number of hydrogen-bond donors (Lipinski definition) is 5. The number of benzene rings is 2. The molecule has 2 aromatic carbocycles. The SMILES string of the molecule is COc1ccc(C)cc1NC(=O)C1CC(=O)NC2NC(Nc3cccc(Cl)c3)NC(=O)C21. The fourth-order valence-electron chi connectivity index (χ4n) is 4.04. The average molecular weight is 458 g/mol. The van der Waals surface area contributed by atoms with Gasteiger partial charge in [-0.15, -0.1) is 0 Å². The molecule has 168 valence electrons. The maximum Gasteiger partial charge on any atom is 0.229 e. The number of piperidine rings is 1. The van der Waals surface area contributed by atoms with Crippen LogP contribution in [-0.2, 0) is 14.4 Å². The van der Waals surface area contributed by atoms with E-state index in [0.29, 0.717) is 22.1 Å². The number of fused-ring (bicyclic) bond motifs is 1. The van der Waals surface area contributed by atoms with Gasteiger partial charge >= 0.3 is 0 Å². The lowest BCUT2D eigenvalue weighted by Crippen LogP contribution is -2.72. The molecule has 3 amide bonds. The van der Waals surface area contributed by atoms with Crippen molar-refractivity contribution in [2.45, 2.75) is 25.8 Å². The Bertz CT molecular complexity index is 1060. The number of rotatable bonds is 5. The van der Waals surface area contributed by atoms with Crippen molar-refractivity contribution in [2.75, 3.05) is 17.7 Å². The number of carbonyl (C=O) groups excluding carboxylic acids is 3. The monoisotopic (exact) mass is 457 g/mol. The second-order valence-corrected chi connectivity index (χ2v) is 8.27. The minimum absolute atomic E-state index is 0.0946. The molecule has 4 atom stereocenters. The van der Waals surface area contributed by atoms with Crippen LogP contribution in [-0.4, -0.2) is 37.3 Å². The number of anilines is 2. The van der Waals surface area contributed by atoms with Crippen molar-refractivity contribution in [3.63, 3.8) is 0 Å². The van der Waals surface area contributed by atoms with Gasteiger partial charge in [0.15, 0.2) is 6.29 Å². The zero-order chi connectivity index (χ0) is 22.8. The van der Waals surface area contributed by atoms with E-state index in [0.717, 1.165) is 5.56 Å². The Morgan fingerprint density at radius 1 is 1.16 bits per heavy atom. The molecule has 10 heteroatoms. The van der Waals surface area contributed by atoms with E-state index in [2.05, 4.69) is 26.6 Å². The van der Waals surface area contributed by atoms with Crippen LogP contribution in [0.2, 0.25) is 5.02 Å². The summed E-state index contributed by atoms with van der Waals surface area (Å²) in [4.78, 5) is 38.4. The van der Waals surface area contributed by atoms with Gasteiger partial charge in [0, 0.05) is 17.1 Å². The number of aryl methyl sites for hydroxylation is 1. The molecular weight excluding hydrogens is 434 g/mol. The molecule has 2 aliphatic rings. The first-order valence-electron chi connectivity index (χ1n) is 10.2. The highest BCUT2D eigenvalue weighted by Crippen LogP contribution is 2.31. The standard InChI is InChI=1S/C22H24ClN5O4/c1-11-6-7-16(32-2)15(8-11)25-20(30)14-10-17(29)26-19-18(14)21(31)28-22(27-19)24-13-5-3-4-12(23)9-13/h3-9,14,18-19,22,24,27H,10H2,1-2H3,(H,25,30)(H,26,29)(H,28,31). The minimum Gasteiger partial charge on any atom is -0.495 e. The minimum atomic E-state index is -0.849. The maximum atomic E-state index is 13.1. The summed E-state index contributed by atoms with van der Waals surface area (Å²) in [7, 11) is 1.51. The highest BCUT2D eigenvalue weighted by atomic mass is 35.5. The van der Waals surface area contributed by atoms with Crippen LogP contribution in [0.15, 0.2) is 42.5 Å². The van der Waals surface area contributed by atoms with Gasteiger partial charge < -0.3 is 26.0 Å². The van der Waals surface area contributed by atoms with Crippen molar-refractivity contribution in [1.82, 2.24) is 16.0 Å². The molecule has 5 N–H and O–H groups in total. The Morgan fingerprint density at radius 3 is 2.72 bits per heavy atom. The van der Waals surface area contributed by atoms with E-state index in [-0.39, 0.29) is 18.2 Å². The van der Waals surface area contributed by atoms with Crippen LogP contribution in [0.25, 0.3) is 0 Å². The molecular formula is C22H24ClN5O4. The summed E-state index contributed by atoms with van der Waals surface area (Å²) in [5.41, 5.74) is 2.12. The third-order valence-electron chi connectivity index (χ3n) is 5.54. The Morgan fingerprint density at radius 2 is 1.97 bits per heavy atom. The van der Waals surface area contributed by atoms with Crippen LogP contribution >= 0.6 is 11.6 Å². The van der Waals surface area contributed by atoms with E-state index in [4.69, 9.17) is 16.3 Å². The summed E-state index contributed by atoms with van der Waals surface area (Å²) in [6.45, 7) is 1.89. The van der Waals surface area contributed by atoms with Crippen molar-refractivity contribution in [1.29, 1.82) is 0 Å². The number of hydrogen-bond acceptors (Lipinski definition) is 6. The van der Waals surface area contributed by atoms with Crippen molar-refractivity contribution >= 4 is 40.7 Å². The van der Waals surface area contributed by atoms with Crippen LogP contribution < -0.4 is 31.3 Å². The summed E-state index contributed by atoms with van der Waals surface area (Å²) < 4.78 is 5.31. The van der Waals surface area contributed by atoms with Crippen molar-refractivity contribution in [3.05, 3.63) is 53.1 Å². The van der Waals surface area contributed by atoms with Crippen LogP contribution in [0.1, 0.15) is 12.0 Å². The molecule has 9 nitrogen and oxygen atoms in total. The van der Waals surface area contributed by atoms with E-state index >= 15 is 0 Å². The zero-order valence-electron chi connectivity index (χ0n) is 17.6. The van der Waals surface area contributed by atoms with E-state index in [9.17, 15) is 14.4 Å². The van der Waals surface area contributed by atoms with Gasteiger partial charge in [0.25, 0.3) is 0 Å². The van der Waals surface area contributed by atoms with Gasteiger partial charge in [0.2, 0.25) is 17.7 Å². The predicted molar refractivity (Wildman–Crippen MR) is 120 cm³/mol. The molecule has 0 spiro atoms. The van der Waals surface area contributed by atoms with Gasteiger partial charge in [-0.2, -0.15) is 0 Å². The van der Waals surface area contributed by atoms with Gasteiger partial charge in [0.1, 0.15) is 5.75 Å². The van der Waals surface area contributed by atoms with Crippen LogP contribution in [0, 0.1) is 18.8 Å². The Kier molecular flexibility index (Phi) is 6.20. The Balaban J connectivity index is 1.51. The number of methoxy groups -OCH3 is 1. The summed E-state index contributed by atoms with van der Waals surface area (Å²) in [5.74, 6) is -2.20. The number of ether oxygens (including phenoxy) is 1. The molecule has 2 aliphatic heterocycles. The molecule has 2 fully saturated rings. The molecule has 2 saturated heterocycles. The van der Waals surface area contributed by atoms with E-state index in [1.54, 1.807) is 36.4 Å². The van der Waals surface area contributed by atoms with Crippen molar-refractivity contribution in [3.8, 4) is 5.75 Å². The maximum absolute atomic E-state index is 13.1. The first-order valence-corrected chi connectivity index (χ1v) is 10.6. The van der Waals surface area contributed by atoms with Gasteiger partial charge in [-0.05, 0) is 42.8 Å². The van der Waals surface area contributed by atoms with Crippen LogP contribution in [0.3, 0.4) is 0 Å². The second-order valence-electron chi connectivity index (χ2n) is 7.84. The Hall–Kier alpha value is -3.30. The normalized spacial score (nSPS) is 24.6. The third-order valence-corrected chi connectivity index (χ3v) is 5.77. The predicted octanol–water partition coefficient (Wildman–Crippen LogP) is 1.79. The van der Waals surface area contributed by atoms with E-state index in [1.165, 1.54) is 7.11 Å². The number of amides is 3. The second kappa shape index (κ2) is 9.05. The third kappa shape index (κ3) is 4.63. The molecule has 4 rings (SSSR count). The number of carbonyl (C=O) groups is 3. The highest BCUT2D eigenvalue weighted by molar-refractivity contribution is 6.30. The van der Waals surface area contributed by atoms with Crippen LogP contribution in [0.4, 0.5) is 11.4 Å². The lowest BCUT2D eigenvalue weighted by Gasteiger charge is -2.43. The molecule has 2 heterocycles. The van der Waals surface area contributed by atoms with Crippen LogP contribution in [0.5, 0.6) is 5.75 Å². The molecule has 0 radical (unpaired) electrons. The van der Waals surface area contributed by atoms with Crippen molar-refractivity contribution < 1.29 is 19.1 Å². The number of nitrogens with one attached hydrogen (secondary N) is 5. The summed E-state index contributed by atoms with van der Waals surface area (Å²) in [6, 6.07) is 12.4. The fourth-order valence-corrected chi connectivity index (χ4v) is 4.23. The molecule has 0 aliphatic carbocycles. The quantitative estimate of drug-likeness (QED) is 0.467. The summed E-state index contributed by atoms with van der Waals surface area (Å²) in [5, 5.41) is 15.2. The summed E-state index contributed by atoms with van der Waals surface area (Å²) in [6.07, 6.45) is -1.46. The summed E-state index contributed by atoms with van der Waals surface area (Å²) >= 11 is 6.01. The first kappa shape index (κ1) is 21.9. The highest BCUT2D eigenvalue weighted by Gasteiger charge is 2.48. The van der Waals surface area contributed by atoms with E-state index in [1.807, 2.05) is 13.0 Å².